The number of hydrogen-bond acceptors (Lipinski definition) is 4. The minimum atomic E-state index is -0.279. The molecule has 1 amide bonds. The van der Waals surface area contributed by atoms with Gasteiger partial charge in [-0.25, -0.2) is 4.98 Å². The first-order valence-electron chi connectivity index (χ1n) is 6.45. The summed E-state index contributed by atoms with van der Waals surface area (Å²) in [5.74, 6) is -0.279. The third-order valence-corrected chi connectivity index (χ3v) is 4.81. The molecule has 0 aliphatic rings. The summed E-state index contributed by atoms with van der Waals surface area (Å²) in [4.78, 5) is 16.5. The molecule has 1 aromatic heterocycles. The predicted octanol–water partition coefficient (Wildman–Crippen LogP) is 4.84. The zero-order valence-corrected chi connectivity index (χ0v) is 15.4. The zero-order valence-electron chi connectivity index (χ0n) is 11.5. The van der Waals surface area contributed by atoms with Crippen molar-refractivity contribution in [2.45, 2.75) is 0 Å². The van der Waals surface area contributed by atoms with Crippen molar-refractivity contribution < 1.29 is 4.79 Å². The Morgan fingerprint density at radius 2 is 1.96 bits per heavy atom. The van der Waals surface area contributed by atoms with Gasteiger partial charge in [0.05, 0.1) is 10.2 Å². The van der Waals surface area contributed by atoms with E-state index in [4.69, 9.17) is 23.8 Å². The number of carbonyl (C=O) groups excluding carboxylic acids is 1. The minimum absolute atomic E-state index is 0.197. The molecule has 0 atom stereocenters. The van der Waals surface area contributed by atoms with Gasteiger partial charge in [0.25, 0.3) is 5.91 Å². The van der Waals surface area contributed by atoms with Crippen molar-refractivity contribution in [2.75, 3.05) is 5.32 Å². The van der Waals surface area contributed by atoms with E-state index in [9.17, 15) is 4.79 Å². The number of rotatable bonds is 2. The maximum absolute atomic E-state index is 12.1. The van der Waals surface area contributed by atoms with Gasteiger partial charge in [-0.05, 0) is 54.7 Å². The number of fused-ring (bicyclic) bond motifs is 1. The molecule has 8 heteroatoms. The van der Waals surface area contributed by atoms with Crippen molar-refractivity contribution >= 4 is 77.5 Å². The normalized spacial score (nSPS) is 10.5. The Hall–Kier alpha value is -1.54. The van der Waals surface area contributed by atoms with Crippen LogP contribution < -0.4 is 10.6 Å². The van der Waals surface area contributed by atoms with E-state index in [2.05, 4.69) is 31.5 Å². The Kier molecular flexibility index (Phi) is 4.91. The predicted molar refractivity (Wildman–Crippen MR) is 102 cm³/mol. The lowest BCUT2D eigenvalue weighted by atomic mass is 10.2. The van der Waals surface area contributed by atoms with Crippen molar-refractivity contribution in [1.29, 1.82) is 0 Å². The molecule has 0 bridgehead atoms. The van der Waals surface area contributed by atoms with Gasteiger partial charge < -0.3 is 5.32 Å². The van der Waals surface area contributed by atoms with E-state index in [1.165, 1.54) is 11.3 Å². The third kappa shape index (κ3) is 4.06. The number of hydrogen-bond donors (Lipinski definition) is 2. The van der Waals surface area contributed by atoms with Crippen molar-refractivity contribution in [3.05, 3.63) is 57.5 Å². The fraction of sp³-hybridized carbons (Fsp3) is 0. The molecule has 3 aromatic rings. The van der Waals surface area contributed by atoms with E-state index in [0.29, 0.717) is 15.7 Å². The summed E-state index contributed by atoms with van der Waals surface area (Å²) in [5, 5.41) is 6.99. The van der Waals surface area contributed by atoms with Gasteiger partial charge >= 0.3 is 0 Å². The van der Waals surface area contributed by atoms with Gasteiger partial charge in [-0.3, -0.25) is 10.1 Å². The Morgan fingerprint density at radius 1 is 1.22 bits per heavy atom. The molecular weight excluding hydrogens is 418 g/mol. The number of anilines is 1. The smallest absolute Gasteiger partial charge is 0.257 e. The van der Waals surface area contributed by atoms with Crippen LogP contribution in [-0.4, -0.2) is 16.0 Å². The monoisotopic (exact) mass is 425 g/mol. The minimum Gasteiger partial charge on any atom is -0.308 e. The summed E-state index contributed by atoms with van der Waals surface area (Å²) >= 11 is 15.8. The van der Waals surface area contributed by atoms with E-state index in [1.807, 2.05) is 12.1 Å². The highest BCUT2D eigenvalue weighted by Gasteiger charge is 2.10. The van der Waals surface area contributed by atoms with E-state index >= 15 is 0 Å². The average Bonchev–Trinajstić information content (AvgIpc) is 2.88. The molecule has 2 aromatic carbocycles. The third-order valence-electron chi connectivity index (χ3n) is 2.90. The number of halogens is 2. The van der Waals surface area contributed by atoms with Gasteiger partial charge in [0, 0.05) is 15.1 Å². The first-order chi connectivity index (χ1) is 11.0. The van der Waals surface area contributed by atoms with Crippen LogP contribution in [0.5, 0.6) is 0 Å². The quantitative estimate of drug-likeness (QED) is 0.576. The highest BCUT2D eigenvalue weighted by Crippen LogP contribution is 2.28. The summed E-state index contributed by atoms with van der Waals surface area (Å²) in [5.41, 5.74) is 1.34. The standard InChI is InChI=1S/C15H9BrClN3OS2/c16-9-3-1-8(2-4-9)13(21)19-14(22)20-15-18-11-6-5-10(17)7-12(11)23-15/h1-7H,(H2,18,19,20,21,22). The lowest BCUT2D eigenvalue weighted by molar-refractivity contribution is 0.0977. The first kappa shape index (κ1) is 16.3. The summed E-state index contributed by atoms with van der Waals surface area (Å²) in [6.07, 6.45) is 0. The van der Waals surface area contributed by atoms with Crippen LogP contribution in [-0.2, 0) is 0 Å². The molecule has 0 aliphatic heterocycles. The second kappa shape index (κ2) is 6.92. The van der Waals surface area contributed by atoms with Gasteiger partial charge in [-0.15, -0.1) is 0 Å². The molecule has 0 radical (unpaired) electrons. The number of amides is 1. The van der Waals surface area contributed by atoms with Crippen molar-refractivity contribution in [1.82, 2.24) is 10.3 Å². The zero-order chi connectivity index (χ0) is 16.4. The van der Waals surface area contributed by atoms with Crippen molar-refractivity contribution in [3.63, 3.8) is 0 Å². The molecule has 0 spiro atoms. The van der Waals surface area contributed by atoms with Crippen LogP contribution in [0.15, 0.2) is 46.9 Å². The van der Waals surface area contributed by atoms with Gasteiger partial charge in [0.2, 0.25) is 0 Å². The Bertz CT molecular complexity index is 895. The van der Waals surface area contributed by atoms with Crippen LogP contribution in [0.1, 0.15) is 10.4 Å². The van der Waals surface area contributed by atoms with Gasteiger partial charge in [0.15, 0.2) is 10.2 Å². The van der Waals surface area contributed by atoms with Crippen LogP contribution >= 0.6 is 51.1 Å². The highest BCUT2D eigenvalue weighted by atomic mass is 79.9. The number of nitrogens with zero attached hydrogens (tertiary/aromatic N) is 1. The van der Waals surface area contributed by atoms with Crippen molar-refractivity contribution in [2.24, 2.45) is 0 Å². The molecule has 1 heterocycles. The molecule has 0 saturated heterocycles. The molecule has 0 unspecified atom stereocenters. The van der Waals surface area contributed by atoms with Crippen LogP contribution in [0.2, 0.25) is 5.02 Å². The Morgan fingerprint density at radius 3 is 2.70 bits per heavy atom. The summed E-state index contributed by atoms with van der Waals surface area (Å²) in [6.45, 7) is 0. The fourth-order valence-corrected chi connectivity index (χ4v) is 3.52. The lowest BCUT2D eigenvalue weighted by Gasteiger charge is -2.07. The second-order valence-electron chi connectivity index (χ2n) is 4.55. The van der Waals surface area contributed by atoms with Crippen LogP contribution in [0.25, 0.3) is 10.2 Å². The number of carbonyl (C=O) groups is 1. The maximum atomic E-state index is 12.1. The van der Waals surface area contributed by atoms with E-state index in [0.717, 1.165) is 14.7 Å². The molecule has 0 saturated carbocycles. The van der Waals surface area contributed by atoms with Crippen LogP contribution in [0.3, 0.4) is 0 Å². The maximum Gasteiger partial charge on any atom is 0.257 e. The summed E-state index contributed by atoms with van der Waals surface area (Å²) < 4.78 is 1.85. The number of nitrogens with one attached hydrogen (secondary N) is 2. The molecule has 2 N–H and O–H groups in total. The van der Waals surface area contributed by atoms with Crippen LogP contribution in [0, 0.1) is 0 Å². The van der Waals surface area contributed by atoms with Crippen molar-refractivity contribution in [3.8, 4) is 0 Å². The highest BCUT2D eigenvalue weighted by molar-refractivity contribution is 9.10. The molecule has 4 nitrogen and oxygen atoms in total. The largest absolute Gasteiger partial charge is 0.308 e. The molecule has 116 valence electrons. The lowest BCUT2D eigenvalue weighted by Crippen LogP contribution is -2.34. The average molecular weight is 427 g/mol. The SMILES string of the molecule is O=C(NC(=S)Nc1nc2ccc(Cl)cc2s1)c1ccc(Br)cc1. The topological polar surface area (TPSA) is 54.0 Å². The van der Waals surface area contributed by atoms with E-state index in [-0.39, 0.29) is 11.0 Å². The van der Waals surface area contributed by atoms with Gasteiger partial charge in [0.1, 0.15) is 0 Å². The van der Waals surface area contributed by atoms with Gasteiger partial charge in [-0.2, -0.15) is 0 Å². The van der Waals surface area contributed by atoms with E-state index in [1.54, 1.807) is 30.3 Å². The Balaban J connectivity index is 1.68. The molecule has 23 heavy (non-hydrogen) atoms. The fourth-order valence-electron chi connectivity index (χ4n) is 1.86. The number of thiocarbonyl (C=S) groups is 1. The second-order valence-corrected chi connectivity index (χ2v) is 7.34. The molecule has 0 fully saturated rings. The van der Waals surface area contributed by atoms with Crippen LogP contribution in [0.4, 0.5) is 5.13 Å². The summed E-state index contributed by atoms with van der Waals surface area (Å²) in [6, 6.07) is 12.5. The molecule has 3 rings (SSSR count). The summed E-state index contributed by atoms with van der Waals surface area (Å²) in [7, 11) is 0. The number of thiazole rings is 1. The van der Waals surface area contributed by atoms with E-state index < -0.39 is 0 Å². The molecule has 0 aliphatic carbocycles. The van der Waals surface area contributed by atoms with Gasteiger partial charge in [-0.1, -0.05) is 38.9 Å². The number of benzene rings is 2. The molecular formula is C15H9BrClN3OS2. The Labute approximate surface area is 155 Å². The number of aromatic nitrogens is 1. The first-order valence-corrected chi connectivity index (χ1v) is 8.85.